The summed E-state index contributed by atoms with van der Waals surface area (Å²) < 4.78 is 5.97. The van der Waals surface area contributed by atoms with E-state index in [4.69, 9.17) is 4.74 Å². The van der Waals surface area contributed by atoms with Gasteiger partial charge in [-0.25, -0.2) is 0 Å². The van der Waals surface area contributed by atoms with Crippen LogP contribution in [0.15, 0.2) is 73.8 Å². The number of carbonyl (C=O) groups excluding carboxylic acids is 1. The molecule has 2 aromatic rings. The number of allylic oxidation sites excluding steroid dienone is 2. The van der Waals surface area contributed by atoms with E-state index in [-0.39, 0.29) is 11.9 Å². The molecule has 0 radical (unpaired) electrons. The van der Waals surface area contributed by atoms with Gasteiger partial charge in [0.2, 0.25) is 5.91 Å². The van der Waals surface area contributed by atoms with Crippen LogP contribution in [0, 0.1) is 12.3 Å². The number of nitrogens with one attached hydrogen (secondary N) is 1. The van der Waals surface area contributed by atoms with Crippen LogP contribution in [-0.4, -0.2) is 30.4 Å². The third-order valence-electron chi connectivity index (χ3n) is 6.03. The maximum absolute atomic E-state index is 13.3. The standard InChI is InChI=1S/C27H34N2O2/c1-5-14-27(4,15-6-2)26(30)29-17-16-28-25(19-29)24-13-12-23(18-21(24)3)31-20-22-10-8-7-9-11-22/h5-13,18,25,28H,1-2,14-17,19-20H2,3-4H3/t25-/m1/s1. The summed E-state index contributed by atoms with van der Waals surface area (Å²) in [5.41, 5.74) is 3.04. The second kappa shape index (κ2) is 10.5. The third-order valence-corrected chi connectivity index (χ3v) is 6.03. The van der Waals surface area contributed by atoms with Crippen molar-refractivity contribution in [3.63, 3.8) is 0 Å². The van der Waals surface area contributed by atoms with E-state index in [1.807, 2.05) is 48.2 Å². The first-order valence-corrected chi connectivity index (χ1v) is 11.0. The average Bonchev–Trinajstić information content (AvgIpc) is 2.78. The highest BCUT2D eigenvalue weighted by molar-refractivity contribution is 5.83. The molecule has 0 unspecified atom stereocenters. The summed E-state index contributed by atoms with van der Waals surface area (Å²) in [6, 6.07) is 16.5. The van der Waals surface area contributed by atoms with Gasteiger partial charge in [0.1, 0.15) is 12.4 Å². The lowest BCUT2D eigenvalue weighted by molar-refractivity contribution is -0.142. The Kier molecular flexibility index (Phi) is 7.69. The second-order valence-corrected chi connectivity index (χ2v) is 8.60. The Morgan fingerprint density at radius 1 is 1.19 bits per heavy atom. The summed E-state index contributed by atoms with van der Waals surface area (Å²) in [7, 11) is 0. The molecule has 1 aliphatic rings. The summed E-state index contributed by atoms with van der Waals surface area (Å²) in [6.07, 6.45) is 4.97. The molecule has 1 N–H and O–H groups in total. The van der Waals surface area contributed by atoms with Crippen molar-refractivity contribution in [2.45, 2.75) is 39.3 Å². The number of hydrogen-bond acceptors (Lipinski definition) is 3. The lowest BCUT2D eigenvalue weighted by Gasteiger charge is -2.39. The Bertz CT molecular complexity index is 897. The molecule has 1 saturated heterocycles. The van der Waals surface area contributed by atoms with Crippen LogP contribution in [0.25, 0.3) is 0 Å². The van der Waals surface area contributed by atoms with Crippen LogP contribution in [-0.2, 0) is 11.4 Å². The number of amides is 1. The number of carbonyl (C=O) groups is 1. The maximum Gasteiger partial charge on any atom is 0.229 e. The zero-order valence-electron chi connectivity index (χ0n) is 18.8. The molecule has 4 heteroatoms. The van der Waals surface area contributed by atoms with Gasteiger partial charge in [-0.2, -0.15) is 0 Å². The van der Waals surface area contributed by atoms with Gasteiger partial charge in [0.05, 0.1) is 11.5 Å². The molecule has 2 aromatic carbocycles. The number of benzene rings is 2. The minimum atomic E-state index is -0.477. The van der Waals surface area contributed by atoms with Crippen molar-refractivity contribution in [3.05, 3.63) is 90.5 Å². The number of hydrogen-bond donors (Lipinski definition) is 1. The summed E-state index contributed by atoms with van der Waals surface area (Å²) in [5.74, 6) is 1.04. The minimum Gasteiger partial charge on any atom is -0.489 e. The van der Waals surface area contributed by atoms with E-state index >= 15 is 0 Å². The number of rotatable bonds is 9. The van der Waals surface area contributed by atoms with Crippen LogP contribution < -0.4 is 10.1 Å². The van der Waals surface area contributed by atoms with Gasteiger partial charge in [0, 0.05) is 19.6 Å². The Hall–Kier alpha value is -2.85. The van der Waals surface area contributed by atoms with Gasteiger partial charge in [-0.15, -0.1) is 13.2 Å². The van der Waals surface area contributed by atoms with E-state index in [0.29, 0.717) is 26.0 Å². The maximum atomic E-state index is 13.3. The predicted octanol–water partition coefficient (Wildman–Crippen LogP) is 5.21. The van der Waals surface area contributed by atoms with Crippen molar-refractivity contribution in [1.82, 2.24) is 10.2 Å². The molecule has 0 spiro atoms. The van der Waals surface area contributed by atoms with Gasteiger partial charge in [0.15, 0.2) is 0 Å². The molecule has 3 rings (SSSR count). The quantitative estimate of drug-likeness (QED) is 0.569. The molecular weight excluding hydrogens is 384 g/mol. The summed E-state index contributed by atoms with van der Waals surface area (Å²) in [6.45, 7) is 14.5. The van der Waals surface area contributed by atoms with Crippen LogP contribution in [0.5, 0.6) is 5.75 Å². The van der Waals surface area contributed by atoms with Crippen LogP contribution in [0.2, 0.25) is 0 Å². The van der Waals surface area contributed by atoms with E-state index in [2.05, 4.69) is 49.7 Å². The van der Waals surface area contributed by atoms with Gasteiger partial charge in [-0.3, -0.25) is 4.79 Å². The highest BCUT2D eigenvalue weighted by atomic mass is 16.5. The predicted molar refractivity (Wildman–Crippen MR) is 127 cm³/mol. The van der Waals surface area contributed by atoms with E-state index in [1.54, 1.807) is 0 Å². The smallest absolute Gasteiger partial charge is 0.229 e. The fourth-order valence-corrected chi connectivity index (χ4v) is 4.29. The van der Waals surface area contributed by atoms with Crippen LogP contribution in [0.1, 0.15) is 42.5 Å². The third kappa shape index (κ3) is 5.65. The lowest BCUT2D eigenvalue weighted by Crippen LogP contribution is -2.52. The lowest BCUT2D eigenvalue weighted by atomic mass is 9.81. The SMILES string of the molecule is C=CCC(C)(CC=C)C(=O)N1CCN[C@@H](c2ccc(OCc3ccccc3)cc2C)C1. The molecular formula is C27H34N2O2. The van der Waals surface area contributed by atoms with Crippen molar-refractivity contribution in [2.24, 2.45) is 5.41 Å². The van der Waals surface area contributed by atoms with Crippen LogP contribution in [0.3, 0.4) is 0 Å². The summed E-state index contributed by atoms with van der Waals surface area (Å²) in [5, 5.41) is 3.58. The normalized spacial score (nSPS) is 16.6. The Morgan fingerprint density at radius 2 is 1.90 bits per heavy atom. The molecule has 1 fully saturated rings. The van der Waals surface area contributed by atoms with E-state index < -0.39 is 5.41 Å². The molecule has 4 nitrogen and oxygen atoms in total. The van der Waals surface area contributed by atoms with Gasteiger partial charge >= 0.3 is 0 Å². The van der Waals surface area contributed by atoms with Gasteiger partial charge in [-0.1, -0.05) is 55.5 Å². The first-order chi connectivity index (χ1) is 15.0. The van der Waals surface area contributed by atoms with Gasteiger partial charge < -0.3 is 15.0 Å². The molecule has 1 heterocycles. The number of piperazine rings is 1. The Labute approximate surface area is 186 Å². The molecule has 0 aliphatic carbocycles. The number of nitrogens with zero attached hydrogens (tertiary/aromatic N) is 1. The van der Waals surface area contributed by atoms with Crippen molar-refractivity contribution in [2.75, 3.05) is 19.6 Å². The van der Waals surface area contributed by atoms with Crippen molar-refractivity contribution in [3.8, 4) is 5.75 Å². The Morgan fingerprint density at radius 3 is 2.55 bits per heavy atom. The summed E-state index contributed by atoms with van der Waals surface area (Å²) >= 11 is 0. The number of ether oxygens (including phenoxy) is 1. The summed E-state index contributed by atoms with van der Waals surface area (Å²) in [4.78, 5) is 15.3. The molecule has 164 valence electrons. The fourth-order valence-electron chi connectivity index (χ4n) is 4.29. The topological polar surface area (TPSA) is 41.6 Å². The minimum absolute atomic E-state index is 0.109. The largest absolute Gasteiger partial charge is 0.489 e. The fraction of sp³-hybridized carbons (Fsp3) is 0.370. The monoisotopic (exact) mass is 418 g/mol. The van der Waals surface area contributed by atoms with Crippen molar-refractivity contribution >= 4 is 5.91 Å². The van der Waals surface area contributed by atoms with E-state index in [1.165, 1.54) is 5.56 Å². The van der Waals surface area contributed by atoms with Gasteiger partial charge in [0.25, 0.3) is 0 Å². The first-order valence-electron chi connectivity index (χ1n) is 11.0. The Balaban J connectivity index is 1.68. The first kappa shape index (κ1) is 22.8. The molecule has 1 aliphatic heterocycles. The molecule has 0 saturated carbocycles. The molecule has 31 heavy (non-hydrogen) atoms. The average molecular weight is 419 g/mol. The van der Waals surface area contributed by atoms with E-state index in [9.17, 15) is 4.79 Å². The van der Waals surface area contributed by atoms with Crippen LogP contribution >= 0.6 is 0 Å². The van der Waals surface area contributed by atoms with Crippen LogP contribution in [0.4, 0.5) is 0 Å². The molecule has 1 atom stereocenters. The molecule has 0 bridgehead atoms. The van der Waals surface area contributed by atoms with Crippen molar-refractivity contribution < 1.29 is 9.53 Å². The molecule has 1 amide bonds. The second-order valence-electron chi connectivity index (χ2n) is 8.60. The number of aryl methyl sites for hydroxylation is 1. The van der Waals surface area contributed by atoms with Gasteiger partial charge in [-0.05, 0) is 48.6 Å². The highest BCUT2D eigenvalue weighted by Crippen LogP contribution is 2.32. The zero-order chi connectivity index (χ0) is 22.3. The van der Waals surface area contributed by atoms with Crippen molar-refractivity contribution in [1.29, 1.82) is 0 Å². The van der Waals surface area contributed by atoms with E-state index in [0.717, 1.165) is 30.0 Å². The molecule has 0 aromatic heterocycles. The highest BCUT2D eigenvalue weighted by Gasteiger charge is 2.36. The zero-order valence-corrected chi connectivity index (χ0v) is 18.8.